The van der Waals surface area contributed by atoms with Gasteiger partial charge in [0.15, 0.2) is 0 Å². The number of likely N-dealkylation sites (N-methyl/N-ethyl adjacent to an activating group) is 1. The average molecular weight is 292 g/mol. The van der Waals surface area contributed by atoms with E-state index in [9.17, 15) is 4.79 Å². The molecule has 0 aliphatic heterocycles. The van der Waals surface area contributed by atoms with Crippen molar-refractivity contribution < 1.29 is 4.79 Å². The Hall–Kier alpha value is -0.570. The molecule has 0 aromatic heterocycles. The fourth-order valence-corrected chi connectivity index (χ4v) is 6.87. The van der Waals surface area contributed by atoms with E-state index in [0.717, 1.165) is 12.3 Å². The number of hydrogen-bond donors (Lipinski definition) is 1. The van der Waals surface area contributed by atoms with Crippen LogP contribution in [0.25, 0.3) is 0 Å². The van der Waals surface area contributed by atoms with Gasteiger partial charge in [-0.25, -0.2) is 0 Å². The second-order valence-electron chi connectivity index (χ2n) is 9.56. The van der Waals surface area contributed by atoms with E-state index < -0.39 is 0 Å². The van der Waals surface area contributed by atoms with Crippen molar-refractivity contribution in [2.45, 2.75) is 71.8 Å². The smallest absolute Gasteiger partial charge is 0.222 e. The second kappa shape index (κ2) is 4.71. The Balaban J connectivity index is 1.74. The molecule has 3 nitrogen and oxygen atoms in total. The summed E-state index contributed by atoms with van der Waals surface area (Å²) in [5.74, 6) is 1.17. The Morgan fingerprint density at radius 2 is 1.76 bits per heavy atom. The molecule has 4 bridgehead atoms. The van der Waals surface area contributed by atoms with Gasteiger partial charge in [0.2, 0.25) is 5.91 Å². The molecule has 0 aromatic carbocycles. The summed E-state index contributed by atoms with van der Waals surface area (Å²) in [6, 6.07) is 0.0605. The molecule has 0 aromatic rings. The summed E-state index contributed by atoms with van der Waals surface area (Å²) in [6.07, 6.45) is 8.74. The maximum Gasteiger partial charge on any atom is 0.222 e. The van der Waals surface area contributed by atoms with Gasteiger partial charge in [-0.1, -0.05) is 13.8 Å². The molecule has 21 heavy (non-hydrogen) atoms. The van der Waals surface area contributed by atoms with E-state index in [1.54, 1.807) is 0 Å². The molecule has 3 heteroatoms. The number of carbonyl (C=O) groups is 1. The summed E-state index contributed by atoms with van der Waals surface area (Å²) in [7, 11) is 1.91. The number of nitrogens with zero attached hydrogens (tertiary/aromatic N) is 1. The summed E-state index contributed by atoms with van der Waals surface area (Å²) in [4.78, 5) is 14.5. The highest BCUT2D eigenvalue weighted by atomic mass is 16.2. The van der Waals surface area contributed by atoms with Crippen molar-refractivity contribution in [1.82, 2.24) is 4.90 Å². The Morgan fingerprint density at radius 3 is 2.24 bits per heavy atom. The molecule has 2 N–H and O–H groups in total. The normalized spacial score (nSPS) is 45.7. The number of rotatable bonds is 4. The van der Waals surface area contributed by atoms with E-state index in [1.807, 2.05) is 18.9 Å². The maximum absolute atomic E-state index is 12.6. The second-order valence-corrected chi connectivity index (χ2v) is 9.56. The summed E-state index contributed by atoms with van der Waals surface area (Å²) < 4.78 is 0. The quantitative estimate of drug-likeness (QED) is 0.865. The van der Waals surface area contributed by atoms with Gasteiger partial charge in [-0.3, -0.25) is 4.79 Å². The van der Waals surface area contributed by atoms with Crippen LogP contribution in [0.15, 0.2) is 0 Å². The van der Waals surface area contributed by atoms with Gasteiger partial charge in [-0.15, -0.1) is 0 Å². The van der Waals surface area contributed by atoms with Crippen LogP contribution in [0.5, 0.6) is 0 Å². The Labute approximate surface area is 129 Å². The van der Waals surface area contributed by atoms with Crippen LogP contribution >= 0.6 is 0 Å². The molecule has 3 unspecified atom stereocenters. The molecule has 4 fully saturated rings. The van der Waals surface area contributed by atoms with Crippen LogP contribution in [0.1, 0.15) is 65.7 Å². The highest BCUT2D eigenvalue weighted by Crippen LogP contribution is 2.70. The molecule has 0 saturated heterocycles. The van der Waals surface area contributed by atoms with E-state index in [2.05, 4.69) is 13.8 Å². The van der Waals surface area contributed by atoms with Gasteiger partial charge in [-0.05, 0) is 67.6 Å². The zero-order chi connectivity index (χ0) is 15.5. The van der Waals surface area contributed by atoms with Crippen LogP contribution in [-0.2, 0) is 4.79 Å². The number of nitrogens with two attached hydrogens (primary N) is 1. The lowest BCUT2D eigenvalue weighted by atomic mass is 9.40. The molecule has 4 aliphatic carbocycles. The Kier molecular flexibility index (Phi) is 3.44. The number of hydrogen-bond acceptors (Lipinski definition) is 2. The average Bonchev–Trinajstić information content (AvgIpc) is 2.21. The third-order valence-electron chi connectivity index (χ3n) is 6.26. The zero-order valence-corrected chi connectivity index (χ0v) is 14.2. The SMILES string of the molecule is CC(N)CN(C)C(=O)CC12CC3CC(C)(CC(C)(C3)C1)C2. The van der Waals surface area contributed by atoms with Gasteiger partial charge in [-0.2, -0.15) is 0 Å². The molecule has 3 atom stereocenters. The zero-order valence-electron chi connectivity index (χ0n) is 14.2. The van der Waals surface area contributed by atoms with Gasteiger partial charge in [0.05, 0.1) is 0 Å². The van der Waals surface area contributed by atoms with Gasteiger partial charge in [0.25, 0.3) is 0 Å². The Bertz CT molecular complexity index is 426. The lowest BCUT2D eigenvalue weighted by molar-refractivity contribution is -0.160. The van der Waals surface area contributed by atoms with E-state index in [-0.39, 0.29) is 11.5 Å². The van der Waals surface area contributed by atoms with Crippen molar-refractivity contribution in [1.29, 1.82) is 0 Å². The van der Waals surface area contributed by atoms with Gasteiger partial charge >= 0.3 is 0 Å². The molecule has 1 amide bonds. The predicted octanol–water partition coefficient (Wildman–Crippen LogP) is 3.18. The van der Waals surface area contributed by atoms with E-state index in [4.69, 9.17) is 5.73 Å². The summed E-state index contributed by atoms with van der Waals surface area (Å²) in [5, 5.41) is 0. The first-order valence-electron chi connectivity index (χ1n) is 8.62. The van der Waals surface area contributed by atoms with E-state index in [0.29, 0.717) is 23.3 Å². The van der Waals surface area contributed by atoms with E-state index in [1.165, 1.54) is 38.5 Å². The summed E-state index contributed by atoms with van der Waals surface area (Å²) >= 11 is 0. The first-order chi connectivity index (χ1) is 9.63. The number of carbonyl (C=O) groups excluding carboxylic acids is 1. The minimum atomic E-state index is 0.0605. The van der Waals surface area contributed by atoms with E-state index >= 15 is 0 Å². The third kappa shape index (κ3) is 2.86. The molecule has 0 spiro atoms. The van der Waals surface area contributed by atoms with Crippen LogP contribution < -0.4 is 5.73 Å². The van der Waals surface area contributed by atoms with Crippen molar-refractivity contribution in [2.75, 3.05) is 13.6 Å². The topological polar surface area (TPSA) is 46.3 Å². The lowest BCUT2D eigenvalue weighted by Crippen LogP contribution is -2.56. The standard InChI is InChI=1S/C18H32N2O/c1-13(19)9-20(4)15(21)8-18-7-14-5-16(2,11-18)10-17(3,6-14)12-18/h13-14H,5-12,19H2,1-4H3. The molecule has 4 aliphatic rings. The molecule has 120 valence electrons. The van der Waals surface area contributed by atoms with Crippen molar-refractivity contribution in [2.24, 2.45) is 27.9 Å². The van der Waals surface area contributed by atoms with Crippen LogP contribution in [0.4, 0.5) is 0 Å². The molecular formula is C18H32N2O. The fourth-order valence-electron chi connectivity index (χ4n) is 6.87. The van der Waals surface area contributed by atoms with Crippen LogP contribution in [0.3, 0.4) is 0 Å². The molecule has 4 rings (SSSR count). The molecule has 4 saturated carbocycles. The Morgan fingerprint density at radius 1 is 1.19 bits per heavy atom. The monoisotopic (exact) mass is 292 g/mol. The third-order valence-corrected chi connectivity index (χ3v) is 6.26. The number of amides is 1. The minimum absolute atomic E-state index is 0.0605. The van der Waals surface area contributed by atoms with Gasteiger partial charge in [0, 0.05) is 26.1 Å². The minimum Gasteiger partial charge on any atom is -0.344 e. The van der Waals surface area contributed by atoms with Crippen LogP contribution in [0.2, 0.25) is 0 Å². The fraction of sp³-hybridized carbons (Fsp3) is 0.944. The largest absolute Gasteiger partial charge is 0.344 e. The predicted molar refractivity (Wildman–Crippen MR) is 85.7 cm³/mol. The van der Waals surface area contributed by atoms with Crippen molar-refractivity contribution in [3.8, 4) is 0 Å². The molecule has 0 radical (unpaired) electrons. The maximum atomic E-state index is 12.6. The highest BCUT2D eigenvalue weighted by molar-refractivity contribution is 5.76. The summed E-state index contributed by atoms with van der Waals surface area (Å²) in [6.45, 7) is 7.59. The van der Waals surface area contributed by atoms with Crippen LogP contribution in [-0.4, -0.2) is 30.4 Å². The summed E-state index contributed by atoms with van der Waals surface area (Å²) in [5.41, 5.74) is 7.11. The first kappa shape index (κ1) is 15.3. The molecular weight excluding hydrogens is 260 g/mol. The van der Waals surface area contributed by atoms with Gasteiger partial charge < -0.3 is 10.6 Å². The van der Waals surface area contributed by atoms with Crippen molar-refractivity contribution >= 4 is 5.91 Å². The first-order valence-corrected chi connectivity index (χ1v) is 8.62. The van der Waals surface area contributed by atoms with Crippen molar-refractivity contribution in [3.63, 3.8) is 0 Å². The van der Waals surface area contributed by atoms with Crippen molar-refractivity contribution in [3.05, 3.63) is 0 Å². The van der Waals surface area contributed by atoms with Gasteiger partial charge in [0.1, 0.15) is 0 Å². The lowest BCUT2D eigenvalue weighted by Gasteiger charge is -2.65. The van der Waals surface area contributed by atoms with Crippen LogP contribution in [0, 0.1) is 22.2 Å². The highest BCUT2D eigenvalue weighted by Gasteiger charge is 2.60. The molecule has 0 heterocycles.